The molecule has 7 aliphatic rings. The monoisotopic (exact) mass is 655 g/mol. The molecule has 48 heavy (non-hydrogen) atoms. The number of aliphatic hydroxyl groups is 3. The second-order valence-electron chi connectivity index (χ2n) is 18.5. The SMILES string of the molecule is C=CC1C[C@@H]2CC[C@H]1CC2[C@H](O)c1cc(CC[C@@H](C)[C@H]2CC[C@H]3[C@@H]4[C@H](O)C[C@@H]5C[C@H](O)CC[C@]5(C)[C@H]4CC[C@]23C)nc2ccc(O)cc12. The highest BCUT2D eigenvalue weighted by Gasteiger charge is 2.62. The maximum atomic E-state index is 12.0. The van der Waals surface area contributed by atoms with Gasteiger partial charge in [0, 0.05) is 11.1 Å². The minimum absolute atomic E-state index is 0.187. The third-order valence-electron chi connectivity index (χ3n) is 16.4. The number of aliphatic hydroxyl groups excluding tert-OH is 3. The van der Waals surface area contributed by atoms with Gasteiger partial charge in [-0.1, -0.05) is 26.8 Å². The van der Waals surface area contributed by atoms with Crippen molar-refractivity contribution in [3.8, 4) is 5.75 Å². The van der Waals surface area contributed by atoms with Crippen molar-refractivity contribution in [1.82, 2.24) is 4.98 Å². The summed E-state index contributed by atoms with van der Waals surface area (Å²) in [5.41, 5.74) is 3.41. The van der Waals surface area contributed by atoms with Crippen LogP contribution in [-0.2, 0) is 6.42 Å². The van der Waals surface area contributed by atoms with Crippen LogP contribution in [0.2, 0.25) is 0 Å². The zero-order chi connectivity index (χ0) is 33.5. The molecular formula is C43H61NO4. The molecule has 5 heteroatoms. The van der Waals surface area contributed by atoms with Crippen molar-refractivity contribution >= 4 is 10.9 Å². The topological polar surface area (TPSA) is 93.8 Å². The summed E-state index contributed by atoms with van der Waals surface area (Å²) < 4.78 is 0. The van der Waals surface area contributed by atoms with Gasteiger partial charge in [0.25, 0.3) is 0 Å². The number of phenolic OH excluding ortho intramolecular Hbond substituents is 1. The Hall–Kier alpha value is -1.95. The zero-order valence-electron chi connectivity index (χ0n) is 29.7. The summed E-state index contributed by atoms with van der Waals surface area (Å²) in [6, 6.07) is 7.62. The van der Waals surface area contributed by atoms with Crippen LogP contribution in [0.15, 0.2) is 36.9 Å². The van der Waals surface area contributed by atoms with Gasteiger partial charge >= 0.3 is 0 Å². The largest absolute Gasteiger partial charge is 0.508 e. The van der Waals surface area contributed by atoms with Crippen molar-refractivity contribution in [3.05, 3.63) is 48.2 Å². The van der Waals surface area contributed by atoms with Crippen LogP contribution in [0, 0.1) is 70.0 Å². The lowest BCUT2D eigenvalue weighted by atomic mass is 9.43. The lowest BCUT2D eigenvalue weighted by Gasteiger charge is -2.62. The first-order valence-electron chi connectivity index (χ1n) is 19.8. The van der Waals surface area contributed by atoms with E-state index in [0.717, 1.165) is 73.5 Å². The fraction of sp³-hybridized carbons (Fsp3) is 0.744. The summed E-state index contributed by atoms with van der Waals surface area (Å²) in [6.45, 7) is 11.6. The van der Waals surface area contributed by atoms with Gasteiger partial charge < -0.3 is 20.4 Å². The highest BCUT2D eigenvalue weighted by Crippen LogP contribution is 2.68. The Balaban J connectivity index is 0.998. The Morgan fingerprint density at radius 3 is 2.46 bits per heavy atom. The highest BCUT2D eigenvalue weighted by atomic mass is 16.3. The molecule has 0 aliphatic heterocycles. The fourth-order valence-corrected chi connectivity index (χ4v) is 13.9. The number of rotatable bonds is 7. The molecule has 2 aromatic rings. The van der Waals surface area contributed by atoms with E-state index < -0.39 is 6.10 Å². The first-order valence-corrected chi connectivity index (χ1v) is 19.8. The Morgan fingerprint density at radius 2 is 1.69 bits per heavy atom. The minimum atomic E-state index is -0.549. The van der Waals surface area contributed by atoms with Crippen molar-refractivity contribution in [1.29, 1.82) is 0 Å². The Bertz CT molecular complexity index is 1520. The minimum Gasteiger partial charge on any atom is -0.508 e. The summed E-state index contributed by atoms with van der Waals surface area (Å²) in [7, 11) is 0. The van der Waals surface area contributed by atoms with Crippen molar-refractivity contribution in [2.24, 2.45) is 70.0 Å². The number of aryl methyl sites for hydroxylation is 1. The molecule has 7 aliphatic carbocycles. The second-order valence-corrected chi connectivity index (χ2v) is 18.5. The van der Waals surface area contributed by atoms with E-state index in [0.29, 0.717) is 53.3 Å². The van der Waals surface area contributed by atoms with E-state index in [1.54, 1.807) is 12.1 Å². The number of aromatic hydroxyl groups is 1. The van der Waals surface area contributed by atoms with Crippen LogP contribution >= 0.6 is 0 Å². The molecule has 0 spiro atoms. The quantitative estimate of drug-likeness (QED) is 0.224. The molecule has 262 valence electrons. The van der Waals surface area contributed by atoms with E-state index in [1.807, 2.05) is 6.07 Å². The average molecular weight is 656 g/mol. The number of nitrogens with zero attached hydrogens (tertiary/aromatic N) is 1. The van der Waals surface area contributed by atoms with E-state index >= 15 is 0 Å². The van der Waals surface area contributed by atoms with Crippen molar-refractivity contribution < 1.29 is 20.4 Å². The summed E-state index contributed by atoms with van der Waals surface area (Å²) in [5.74, 6) is 5.42. The summed E-state index contributed by atoms with van der Waals surface area (Å²) >= 11 is 0. The van der Waals surface area contributed by atoms with E-state index in [-0.39, 0.29) is 34.7 Å². The van der Waals surface area contributed by atoms with E-state index in [1.165, 1.54) is 38.5 Å². The van der Waals surface area contributed by atoms with Gasteiger partial charge in [-0.15, -0.1) is 6.58 Å². The van der Waals surface area contributed by atoms with Crippen LogP contribution in [0.5, 0.6) is 5.75 Å². The van der Waals surface area contributed by atoms with Gasteiger partial charge in [-0.3, -0.25) is 4.98 Å². The molecule has 1 aromatic heterocycles. The predicted octanol–water partition coefficient (Wildman–Crippen LogP) is 8.77. The molecule has 9 rings (SSSR count). The number of hydrogen-bond acceptors (Lipinski definition) is 5. The van der Waals surface area contributed by atoms with Gasteiger partial charge in [0.05, 0.1) is 23.8 Å². The lowest BCUT2D eigenvalue weighted by molar-refractivity contribution is -0.174. The summed E-state index contributed by atoms with van der Waals surface area (Å²) in [6.07, 6.45) is 16.5. The van der Waals surface area contributed by atoms with Crippen molar-refractivity contribution in [2.75, 3.05) is 0 Å². The second kappa shape index (κ2) is 12.4. The number of phenols is 1. The maximum absolute atomic E-state index is 12.0. The number of hydrogen-bond donors (Lipinski definition) is 4. The number of benzene rings is 1. The summed E-state index contributed by atoms with van der Waals surface area (Å²) in [4.78, 5) is 5.10. The zero-order valence-corrected chi connectivity index (χ0v) is 29.7. The molecule has 7 fully saturated rings. The van der Waals surface area contributed by atoms with Crippen molar-refractivity contribution in [2.45, 2.75) is 129 Å². The van der Waals surface area contributed by atoms with Crippen LogP contribution in [-0.4, -0.2) is 37.6 Å². The maximum Gasteiger partial charge on any atom is 0.116 e. The first kappa shape index (κ1) is 33.2. The third-order valence-corrected chi connectivity index (χ3v) is 16.4. The molecule has 5 nitrogen and oxygen atoms in total. The molecule has 0 saturated heterocycles. The van der Waals surface area contributed by atoms with Crippen LogP contribution < -0.4 is 0 Å². The Labute approximate surface area is 288 Å². The van der Waals surface area contributed by atoms with E-state index in [2.05, 4.69) is 39.5 Å². The Kier molecular flexibility index (Phi) is 8.56. The van der Waals surface area contributed by atoms with Gasteiger partial charge in [-0.05, 0) is 190 Å². The predicted molar refractivity (Wildman–Crippen MR) is 191 cm³/mol. The fourth-order valence-electron chi connectivity index (χ4n) is 13.9. The van der Waals surface area contributed by atoms with Crippen LogP contribution in [0.4, 0.5) is 0 Å². The van der Waals surface area contributed by atoms with Gasteiger partial charge in [-0.25, -0.2) is 0 Å². The normalized spacial score (nSPS) is 44.8. The number of aromatic nitrogens is 1. The molecule has 1 aromatic carbocycles. The molecule has 2 unspecified atom stereocenters. The highest BCUT2D eigenvalue weighted by molar-refractivity contribution is 5.84. The van der Waals surface area contributed by atoms with Crippen LogP contribution in [0.1, 0.15) is 122 Å². The van der Waals surface area contributed by atoms with Gasteiger partial charge in [0.1, 0.15) is 5.75 Å². The number of allylic oxidation sites excluding steroid dienone is 1. The summed E-state index contributed by atoms with van der Waals surface area (Å²) in [5, 5.41) is 45.5. The molecule has 4 N–H and O–H groups in total. The average Bonchev–Trinajstić information content (AvgIpc) is 3.44. The van der Waals surface area contributed by atoms with E-state index in [4.69, 9.17) is 4.98 Å². The lowest BCUT2D eigenvalue weighted by Crippen LogP contribution is -2.58. The molecule has 0 amide bonds. The standard InChI is InChI=1S/C43H61NO4/c1-5-25-18-27-8-7-26(25)19-32(27)41(48)34-22-29(44-38-13-10-30(45)23-33(34)38)9-6-24(2)35-11-12-36-40-37(15-17-43(35,36)4)42(3)16-14-31(46)20-28(42)21-39(40)47/h5,10,13,22-28,31-32,35-37,39-41,45-48H,1,6-9,11-12,14-21H2,2-4H3/t24-,25?,26+,27+,28+,31-,32?,35-,36+,37+,39-,40+,41+,42+,43-/m1/s1. The van der Waals surface area contributed by atoms with Crippen LogP contribution in [0.25, 0.3) is 10.9 Å². The molecule has 15 atom stereocenters. The van der Waals surface area contributed by atoms with E-state index in [9.17, 15) is 20.4 Å². The smallest absolute Gasteiger partial charge is 0.116 e. The molecule has 0 radical (unpaired) electrons. The van der Waals surface area contributed by atoms with Gasteiger partial charge in [-0.2, -0.15) is 0 Å². The molecule has 2 bridgehead atoms. The number of pyridine rings is 1. The van der Waals surface area contributed by atoms with Gasteiger partial charge in [0.2, 0.25) is 0 Å². The van der Waals surface area contributed by atoms with Crippen molar-refractivity contribution in [3.63, 3.8) is 0 Å². The molecular weight excluding hydrogens is 594 g/mol. The Morgan fingerprint density at radius 1 is 0.917 bits per heavy atom. The first-order chi connectivity index (χ1) is 23.0. The molecule has 7 saturated carbocycles. The number of fused-ring (bicyclic) bond motifs is 9. The third kappa shape index (κ3) is 5.31. The van der Waals surface area contributed by atoms with Gasteiger partial charge in [0.15, 0.2) is 0 Å². The molecule has 1 heterocycles. The van der Waals surface area contributed by atoms with Crippen LogP contribution in [0.3, 0.4) is 0 Å².